The standard InChI is InChI=1S/C22H29N5O2/c1-22(2,3)19-6-4-18(5-7-19)20(28)24-25-21(29)27-14-12-26(13-15-27)16-17-8-10-23-11-9-17/h4-11H,12-16H2,1-3H3,(H,24,28)(H,25,29). The lowest BCUT2D eigenvalue weighted by atomic mass is 9.87. The first-order valence-electron chi connectivity index (χ1n) is 9.90. The van der Waals surface area contributed by atoms with Gasteiger partial charge in [-0.3, -0.25) is 20.1 Å². The molecule has 1 aliphatic rings. The second-order valence-corrected chi connectivity index (χ2v) is 8.33. The summed E-state index contributed by atoms with van der Waals surface area (Å²) in [6, 6.07) is 11.2. The number of benzene rings is 1. The Kier molecular flexibility index (Phi) is 6.49. The molecule has 1 saturated heterocycles. The van der Waals surface area contributed by atoms with Crippen molar-refractivity contribution >= 4 is 11.9 Å². The molecule has 7 nitrogen and oxygen atoms in total. The van der Waals surface area contributed by atoms with Crippen LogP contribution in [0.25, 0.3) is 0 Å². The third-order valence-corrected chi connectivity index (χ3v) is 5.11. The fourth-order valence-corrected chi connectivity index (χ4v) is 3.24. The Morgan fingerprint density at radius 1 is 0.931 bits per heavy atom. The summed E-state index contributed by atoms with van der Waals surface area (Å²) in [5.41, 5.74) is 7.94. The Bertz CT molecular complexity index is 823. The number of nitrogens with one attached hydrogen (secondary N) is 2. The lowest BCUT2D eigenvalue weighted by Crippen LogP contribution is -2.55. The minimum atomic E-state index is -0.324. The zero-order valence-electron chi connectivity index (χ0n) is 17.3. The van der Waals surface area contributed by atoms with E-state index in [0.717, 1.165) is 25.2 Å². The molecule has 2 aromatic rings. The van der Waals surface area contributed by atoms with Crippen LogP contribution in [0.3, 0.4) is 0 Å². The molecule has 7 heteroatoms. The summed E-state index contributed by atoms with van der Waals surface area (Å²) >= 11 is 0. The summed E-state index contributed by atoms with van der Waals surface area (Å²) in [5.74, 6) is -0.324. The van der Waals surface area contributed by atoms with Crippen molar-refractivity contribution in [1.29, 1.82) is 0 Å². The van der Waals surface area contributed by atoms with Crippen LogP contribution in [-0.2, 0) is 12.0 Å². The van der Waals surface area contributed by atoms with Crippen LogP contribution in [0.5, 0.6) is 0 Å². The predicted molar refractivity (Wildman–Crippen MR) is 112 cm³/mol. The molecular formula is C22H29N5O2. The maximum Gasteiger partial charge on any atom is 0.336 e. The molecule has 154 valence electrons. The van der Waals surface area contributed by atoms with Gasteiger partial charge in [-0.2, -0.15) is 0 Å². The third-order valence-electron chi connectivity index (χ3n) is 5.11. The molecule has 0 atom stereocenters. The number of amides is 3. The number of carbonyl (C=O) groups excluding carboxylic acids is 2. The quantitative estimate of drug-likeness (QED) is 0.783. The first-order valence-corrected chi connectivity index (χ1v) is 9.90. The number of nitrogens with zero attached hydrogens (tertiary/aromatic N) is 3. The Hall–Kier alpha value is -2.93. The summed E-state index contributed by atoms with van der Waals surface area (Å²) in [4.78, 5) is 32.7. The van der Waals surface area contributed by atoms with Crippen molar-refractivity contribution in [2.45, 2.75) is 32.7 Å². The molecule has 2 N–H and O–H groups in total. The van der Waals surface area contributed by atoms with Crippen molar-refractivity contribution in [3.05, 3.63) is 65.5 Å². The smallest absolute Gasteiger partial charge is 0.321 e. The summed E-state index contributed by atoms with van der Waals surface area (Å²) in [6.45, 7) is 10.0. The zero-order valence-corrected chi connectivity index (χ0v) is 17.3. The number of aromatic nitrogens is 1. The molecule has 0 aliphatic carbocycles. The van der Waals surface area contributed by atoms with Gasteiger partial charge in [-0.25, -0.2) is 10.2 Å². The minimum absolute atomic E-state index is 0.0305. The highest BCUT2D eigenvalue weighted by molar-refractivity contribution is 5.95. The molecular weight excluding hydrogens is 366 g/mol. The number of hydrogen-bond acceptors (Lipinski definition) is 4. The zero-order chi connectivity index (χ0) is 20.9. The third kappa shape index (κ3) is 5.77. The van der Waals surface area contributed by atoms with Crippen LogP contribution in [0.1, 0.15) is 42.3 Å². The Balaban J connectivity index is 1.43. The normalized spacial score (nSPS) is 15.1. The number of pyridine rings is 1. The van der Waals surface area contributed by atoms with Gasteiger partial charge in [0.1, 0.15) is 0 Å². The van der Waals surface area contributed by atoms with Gasteiger partial charge in [0, 0.05) is 50.7 Å². The topological polar surface area (TPSA) is 77.6 Å². The lowest BCUT2D eigenvalue weighted by molar-refractivity contribution is 0.0919. The van der Waals surface area contributed by atoms with E-state index in [0.29, 0.717) is 18.7 Å². The first-order chi connectivity index (χ1) is 13.8. The van der Waals surface area contributed by atoms with Gasteiger partial charge in [0.05, 0.1) is 0 Å². The molecule has 0 unspecified atom stereocenters. The van der Waals surface area contributed by atoms with Crippen LogP contribution in [-0.4, -0.2) is 52.9 Å². The van der Waals surface area contributed by atoms with Crippen LogP contribution >= 0.6 is 0 Å². The van der Waals surface area contributed by atoms with Crippen LogP contribution < -0.4 is 10.9 Å². The average molecular weight is 396 g/mol. The number of piperazine rings is 1. The van der Waals surface area contributed by atoms with E-state index < -0.39 is 0 Å². The summed E-state index contributed by atoms with van der Waals surface area (Å²) in [5, 5.41) is 0. The molecule has 3 amide bonds. The predicted octanol–water partition coefficient (Wildman–Crippen LogP) is 2.55. The molecule has 1 aromatic carbocycles. The maximum absolute atomic E-state index is 12.4. The van der Waals surface area contributed by atoms with E-state index in [1.807, 2.05) is 24.3 Å². The largest absolute Gasteiger partial charge is 0.336 e. The molecule has 0 bridgehead atoms. The molecule has 1 aliphatic heterocycles. The molecule has 0 radical (unpaired) electrons. The van der Waals surface area contributed by atoms with Gasteiger partial charge in [0.2, 0.25) is 0 Å². The van der Waals surface area contributed by atoms with Gasteiger partial charge in [-0.1, -0.05) is 32.9 Å². The molecule has 29 heavy (non-hydrogen) atoms. The highest BCUT2D eigenvalue weighted by Gasteiger charge is 2.21. The Morgan fingerprint density at radius 3 is 2.14 bits per heavy atom. The molecule has 2 heterocycles. The van der Waals surface area contributed by atoms with Gasteiger partial charge >= 0.3 is 6.03 Å². The minimum Gasteiger partial charge on any atom is -0.321 e. The van der Waals surface area contributed by atoms with Gasteiger partial charge in [-0.05, 0) is 40.8 Å². The molecule has 1 fully saturated rings. The van der Waals surface area contributed by atoms with E-state index in [4.69, 9.17) is 0 Å². The fourth-order valence-electron chi connectivity index (χ4n) is 3.24. The van der Waals surface area contributed by atoms with Crippen molar-refractivity contribution in [3.8, 4) is 0 Å². The highest BCUT2D eigenvalue weighted by Crippen LogP contribution is 2.22. The van der Waals surface area contributed by atoms with E-state index in [9.17, 15) is 9.59 Å². The van der Waals surface area contributed by atoms with Crippen molar-refractivity contribution in [2.75, 3.05) is 26.2 Å². The molecule has 0 spiro atoms. The monoisotopic (exact) mass is 395 g/mol. The number of rotatable bonds is 3. The van der Waals surface area contributed by atoms with Gasteiger partial charge in [0.25, 0.3) is 5.91 Å². The number of carbonyl (C=O) groups is 2. The van der Waals surface area contributed by atoms with Crippen LogP contribution in [0.15, 0.2) is 48.8 Å². The molecule has 0 saturated carbocycles. The van der Waals surface area contributed by atoms with Crippen molar-refractivity contribution in [2.24, 2.45) is 0 Å². The SMILES string of the molecule is CC(C)(C)c1ccc(C(=O)NNC(=O)N2CCN(Cc3ccncc3)CC2)cc1. The number of urea groups is 1. The van der Waals surface area contributed by atoms with Crippen LogP contribution in [0, 0.1) is 0 Å². The van der Waals surface area contributed by atoms with Gasteiger partial charge < -0.3 is 4.90 Å². The maximum atomic E-state index is 12.4. The van der Waals surface area contributed by atoms with Crippen molar-refractivity contribution in [1.82, 2.24) is 25.6 Å². The van der Waals surface area contributed by atoms with Crippen LogP contribution in [0.4, 0.5) is 4.79 Å². The second-order valence-electron chi connectivity index (χ2n) is 8.33. The molecule has 1 aromatic heterocycles. The second kappa shape index (κ2) is 9.05. The molecule has 3 rings (SSSR count). The van der Waals surface area contributed by atoms with Gasteiger partial charge in [-0.15, -0.1) is 0 Å². The van der Waals surface area contributed by atoms with E-state index in [1.165, 1.54) is 5.56 Å². The lowest BCUT2D eigenvalue weighted by Gasteiger charge is -2.34. The highest BCUT2D eigenvalue weighted by atomic mass is 16.2. The van der Waals surface area contributed by atoms with E-state index in [-0.39, 0.29) is 17.4 Å². The summed E-state index contributed by atoms with van der Waals surface area (Å²) in [7, 11) is 0. The summed E-state index contributed by atoms with van der Waals surface area (Å²) < 4.78 is 0. The summed E-state index contributed by atoms with van der Waals surface area (Å²) in [6.07, 6.45) is 3.58. The van der Waals surface area contributed by atoms with E-state index in [1.54, 1.807) is 29.4 Å². The number of hydrazine groups is 1. The van der Waals surface area contributed by atoms with E-state index in [2.05, 4.69) is 41.5 Å². The Labute approximate surface area is 172 Å². The van der Waals surface area contributed by atoms with Crippen LogP contribution in [0.2, 0.25) is 0 Å². The fraction of sp³-hybridized carbons (Fsp3) is 0.409. The van der Waals surface area contributed by atoms with Crippen molar-refractivity contribution < 1.29 is 9.59 Å². The average Bonchev–Trinajstić information content (AvgIpc) is 2.72. The van der Waals surface area contributed by atoms with Gasteiger partial charge in [0.15, 0.2) is 0 Å². The number of hydrogen-bond donors (Lipinski definition) is 2. The van der Waals surface area contributed by atoms with E-state index >= 15 is 0 Å². The Morgan fingerprint density at radius 2 is 1.55 bits per heavy atom. The first kappa shape index (κ1) is 20.8. The van der Waals surface area contributed by atoms with Crippen molar-refractivity contribution in [3.63, 3.8) is 0 Å².